The molecule has 0 aromatic carbocycles. The lowest BCUT2D eigenvalue weighted by Gasteiger charge is -2.27. The number of nitrogens with one attached hydrogen (secondary N) is 1. The molecule has 56 heavy (non-hydrogen) atoms. The minimum absolute atomic E-state index is 0.352. The van der Waals surface area contributed by atoms with Crippen LogP contribution in [0.25, 0.3) is 0 Å². The zero-order chi connectivity index (χ0) is 41.0. The second kappa shape index (κ2) is 44.9. The molecule has 5 N–H and O–H groups in total. The summed E-state index contributed by atoms with van der Waals surface area (Å²) in [4.78, 5) is 12.5. The van der Waals surface area contributed by atoms with Crippen LogP contribution < -0.4 is 5.32 Å². The van der Waals surface area contributed by atoms with E-state index in [0.717, 1.165) is 64.2 Å². The average Bonchev–Trinajstić information content (AvgIpc) is 3.20. The van der Waals surface area contributed by atoms with Crippen molar-refractivity contribution < 1.29 is 25.2 Å². The van der Waals surface area contributed by atoms with E-state index in [9.17, 15) is 25.2 Å². The molecule has 0 fully saturated rings. The first-order valence-corrected chi connectivity index (χ1v) is 24.7. The van der Waals surface area contributed by atoms with Crippen LogP contribution in [0.3, 0.4) is 0 Å². The van der Waals surface area contributed by atoms with E-state index < -0.39 is 36.9 Å². The summed E-state index contributed by atoms with van der Waals surface area (Å²) in [6, 6.07) is -0.990. The zero-order valence-corrected chi connectivity index (χ0v) is 37.4. The molecular formula is C50H97NO5. The molecule has 4 atom stereocenters. The standard InChI is InChI=1S/C50H97NO5/c1-3-5-7-9-11-13-15-17-19-20-21-22-23-24-25-26-27-28-29-30-32-33-35-37-39-41-43-47(53)49(55)46(45-52)51-50(56)48(54)44-42-40-38-36-34-31-18-16-14-12-10-8-6-4-2/h12,14,16,18,46-49,52-55H,3-11,13,15,17,19-45H2,1-2H3,(H,51,56)/b14-12-,18-16-. The van der Waals surface area contributed by atoms with E-state index in [1.165, 1.54) is 167 Å². The van der Waals surface area contributed by atoms with Crippen LogP contribution in [0, 0.1) is 0 Å². The molecule has 0 aromatic heterocycles. The first-order chi connectivity index (χ1) is 27.5. The molecule has 332 valence electrons. The zero-order valence-electron chi connectivity index (χ0n) is 37.4. The molecule has 0 heterocycles. The third-order valence-electron chi connectivity index (χ3n) is 11.7. The highest BCUT2D eigenvalue weighted by molar-refractivity contribution is 5.80. The Morgan fingerprint density at radius 1 is 0.446 bits per heavy atom. The molecule has 0 aliphatic rings. The Bertz CT molecular complexity index is 847. The molecule has 6 nitrogen and oxygen atoms in total. The van der Waals surface area contributed by atoms with Crippen LogP contribution in [0.4, 0.5) is 0 Å². The number of carbonyl (C=O) groups excluding carboxylic acids is 1. The van der Waals surface area contributed by atoms with Crippen molar-refractivity contribution in [2.24, 2.45) is 0 Å². The van der Waals surface area contributed by atoms with Gasteiger partial charge in [-0.25, -0.2) is 0 Å². The van der Waals surface area contributed by atoms with Crippen molar-refractivity contribution in [3.05, 3.63) is 24.3 Å². The molecule has 0 saturated carbocycles. The third-order valence-corrected chi connectivity index (χ3v) is 11.7. The van der Waals surface area contributed by atoms with Crippen LogP contribution in [0.1, 0.15) is 258 Å². The lowest BCUT2D eigenvalue weighted by molar-refractivity contribution is -0.132. The van der Waals surface area contributed by atoms with Crippen molar-refractivity contribution in [2.45, 2.75) is 282 Å². The molecular weight excluding hydrogens is 695 g/mol. The Labute approximate surface area is 348 Å². The number of allylic oxidation sites excluding steroid dienone is 4. The van der Waals surface area contributed by atoms with Crippen LogP contribution in [-0.2, 0) is 4.79 Å². The van der Waals surface area contributed by atoms with E-state index in [1.807, 2.05) is 0 Å². The number of rotatable bonds is 45. The summed E-state index contributed by atoms with van der Waals surface area (Å²) in [6.45, 7) is 4.03. The maximum Gasteiger partial charge on any atom is 0.249 e. The number of carbonyl (C=O) groups is 1. The average molecular weight is 792 g/mol. The largest absolute Gasteiger partial charge is 0.394 e. The van der Waals surface area contributed by atoms with Crippen LogP contribution in [0.5, 0.6) is 0 Å². The molecule has 0 bridgehead atoms. The van der Waals surface area contributed by atoms with Crippen molar-refractivity contribution in [3.63, 3.8) is 0 Å². The van der Waals surface area contributed by atoms with E-state index in [0.29, 0.717) is 12.8 Å². The van der Waals surface area contributed by atoms with Gasteiger partial charge in [-0.2, -0.15) is 0 Å². The maximum absolute atomic E-state index is 12.5. The second-order valence-electron chi connectivity index (χ2n) is 17.2. The minimum atomic E-state index is -1.26. The molecule has 0 saturated heterocycles. The summed E-state index contributed by atoms with van der Waals surface area (Å²) < 4.78 is 0. The highest BCUT2D eigenvalue weighted by atomic mass is 16.3. The van der Waals surface area contributed by atoms with Gasteiger partial charge in [0.05, 0.1) is 18.8 Å². The summed E-state index contributed by atoms with van der Waals surface area (Å²) in [6.07, 6.45) is 52.3. The van der Waals surface area contributed by atoms with Crippen molar-refractivity contribution in [2.75, 3.05) is 6.61 Å². The lowest BCUT2D eigenvalue weighted by Crippen LogP contribution is -2.53. The van der Waals surface area contributed by atoms with E-state index >= 15 is 0 Å². The Kier molecular flexibility index (Phi) is 43.9. The predicted octanol–water partition coefficient (Wildman–Crippen LogP) is 13.5. The maximum atomic E-state index is 12.5. The van der Waals surface area contributed by atoms with Crippen molar-refractivity contribution in [1.29, 1.82) is 0 Å². The summed E-state index contributed by atoms with van der Waals surface area (Å²) in [5.41, 5.74) is 0. The van der Waals surface area contributed by atoms with Gasteiger partial charge in [0.15, 0.2) is 0 Å². The number of hydrogen-bond donors (Lipinski definition) is 5. The Hall–Kier alpha value is -1.21. The third kappa shape index (κ3) is 38.3. The highest BCUT2D eigenvalue weighted by Crippen LogP contribution is 2.17. The first-order valence-electron chi connectivity index (χ1n) is 24.7. The van der Waals surface area contributed by atoms with Crippen molar-refractivity contribution in [1.82, 2.24) is 5.32 Å². The van der Waals surface area contributed by atoms with Gasteiger partial charge in [-0.1, -0.05) is 244 Å². The normalized spacial score (nSPS) is 14.2. The molecule has 0 aliphatic carbocycles. The molecule has 0 spiro atoms. The summed E-state index contributed by atoms with van der Waals surface area (Å²) in [5, 5.41) is 43.8. The molecule has 1 amide bonds. The van der Waals surface area contributed by atoms with Gasteiger partial charge in [0.2, 0.25) is 5.91 Å². The summed E-state index contributed by atoms with van der Waals surface area (Å²) >= 11 is 0. The number of amides is 1. The van der Waals surface area contributed by atoms with E-state index in [2.05, 4.69) is 43.5 Å². The molecule has 0 aliphatic heterocycles. The van der Waals surface area contributed by atoms with Crippen LogP contribution in [-0.4, -0.2) is 57.3 Å². The van der Waals surface area contributed by atoms with Gasteiger partial charge < -0.3 is 25.7 Å². The lowest BCUT2D eigenvalue weighted by atomic mass is 9.99. The highest BCUT2D eigenvalue weighted by Gasteiger charge is 2.28. The van der Waals surface area contributed by atoms with Gasteiger partial charge >= 0.3 is 0 Å². The minimum Gasteiger partial charge on any atom is -0.394 e. The number of unbranched alkanes of at least 4 members (excludes halogenated alkanes) is 33. The van der Waals surface area contributed by atoms with Crippen LogP contribution in [0.15, 0.2) is 24.3 Å². The smallest absolute Gasteiger partial charge is 0.249 e. The topological polar surface area (TPSA) is 110 Å². The van der Waals surface area contributed by atoms with E-state index in [4.69, 9.17) is 0 Å². The molecule has 0 aromatic rings. The van der Waals surface area contributed by atoms with Crippen LogP contribution in [0.2, 0.25) is 0 Å². The SMILES string of the molecule is CCCCC/C=C\C=C/CCCCCCCC(O)C(=O)NC(CO)C(O)C(O)CCCCCCCCCCCCCCCCCCCCCCCCCCCC. The van der Waals surface area contributed by atoms with Gasteiger partial charge in [-0.15, -0.1) is 0 Å². The van der Waals surface area contributed by atoms with Crippen LogP contribution >= 0.6 is 0 Å². The fraction of sp³-hybridized carbons (Fsp3) is 0.900. The second-order valence-corrected chi connectivity index (χ2v) is 17.2. The molecule has 6 heteroatoms. The summed E-state index contributed by atoms with van der Waals surface area (Å²) in [5.74, 6) is -0.594. The Balaban J connectivity index is 3.63. The van der Waals surface area contributed by atoms with Gasteiger partial charge in [0.25, 0.3) is 0 Å². The monoisotopic (exact) mass is 792 g/mol. The fourth-order valence-corrected chi connectivity index (χ4v) is 7.75. The van der Waals surface area contributed by atoms with Gasteiger partial charge in [0.1, 0.15) is 12.2 Å². The number of aliphatic hydroxyl groups is 4. The predicted molar refractivity (Wildman–Crippen MR) is 242 cm³/mol. The number of hydrogen-bond acceptors (Lipinski definition) is 5. The summed E-state index contributed by atoms with van der Waals surface area (Å²) in [7, 11) is 0. The van der Waals surface area contributed by atoms with Crippen molar-refractivity contribution in [3.8, 4) is 0 Å². The quantitative estimate of drug-likeness (QED) is 0.0312. The molecule has 0 radical (unpaired) electrons. The van der Waals surface area contributed by atoms with Crippen molar-refractivity contribution >= 4 is 5.91 Å². The first kappa shape index (κ1) is 54.8. The van der Waals surface area contributed by atoms with Gasteiger partial charge in [0, 0.05) is 0 Å². The fourth-order valence-electron chi connectivity index (χ4n) is 7.75. The van der Waals surface area contributed by atoms with E-state index in [-0.39, 0.29) is 0 Å². The van der Waals surface area contributed by atoms with E-state index in [1.54, 1.807) is 0 Å². The molecule has 0 rings (SSSR count). The Morgan fingerprint density at radius 3 is 1.12 bits per heavy atom. The Morgan fingerprint density at radius 2 is 0.750 bits per heavy atom. The molecule has 4 unspecified atom stereocenters. The number of aliphatic hydroxyl groups excluding tert-OH is 4. The van der Waals surface area contributed by atoms with Gasteiger partial charge in [-0.3, -0.25) is 4.79 Å². The van der Waals surface area contributed by atoms with Gasteiger partial charge in [-0.05, 0) is 38.5 Å².